The second-order valence-electron chi connectivity index (χ2n) is 8.99. The number of nitrogens with zero attached hydrogens (tertiary/aromatic N) is 4. The van der Waals surface area contributed by atoms with Crippen molar-refractivity contribution in [3.05, 3.63) is 133 Å². The van der Waals surface area contributed by atoms with Crippen LogP contribution < -0.4 is 10.3 Å². The van der Waals surface area contributed by atoms with Crippen molar-refractivity contribution in [1.82, 2.24) is 9.66 Å². The van der Waals surface area contributed by atoms with Crippen LogP contribution in [0.15, 0.2) is 110 Å². The van der Waals surface area contributed by atoms with E-state index >= 15 is 0 Å². The van der Waals surface area contributed by atoms with Gasteiger partial charge in [-0.05, 0) is 64.0 Å². The van der Waals surface area contributed by atoms with Crippen LogP contribution in [0, 0.1) is 15.9 Å². The minimum Gasteiger partial charge on any atom is -0.481 e. The number of nitro benzene ring substituents is 1. The summed E-state index contributed by atoms with van der Waals surface area (Å²) in [6.07, 6.45) is 1.32. The first-order valence-corrected chi connectivity index (χ1v) is 13.1. The van der Waals surface area contributed by atoms with Gasteiger partial charge in [0.15, 0.2) is 5.76 Å². The van der Waals surface area contributed by atoms with Crippen LogP contribution in [0.1, 0.15) is 11.1 Å². The predicted octanol–water partition coefficient (Wildman–Crippen LogP) is 7.08. The highest BCUT2D eigenvalue weighted by Gasteiger charge is 2.21. The standard InChI is InChI=1S/C30H18BrFN4O5/c31-23-13-19(14-25(36(38)39)28(23)40-17-18-6-5-8-21(32)12-18)16-33-35-29(27-15-20-7-1-4-11-26(20)41-27)34-24-10-3-2-9-22(24)30(35)37/h1-16H,17H2. The summed E-state index contributed by atoms with van der Waals surface area (Å²) in [6.45, 7) is -0.0797. The van der Waals surface area contributed by atoms with E-state index in [2.05, 4.69) is 26.0 Å². The first-order valence-electron chi connectivity index (χ1n) is 12.3. The zero-order chi connectivity index (χ0) is 28.5. The van der Waals surface area contributed by atoms with Gasteiger partial charge >= 0.3 is 5.69 Å². The molecule has 0 radical (unpaired) electrons. The molecule has 9 nitrogen and oxygen atoms in total. The van der Waals surface area contributed by atoms with Crippen LogP contribution in [0.5, 0.6) is 5.75 Å². The van der Waals surface area contributed by atoms with Crippen LogP contribution in [-0.2, 0) is 6.61 Å². The van der Waals surface area contributed by atoms with Crippen LogP contribution in [0.25, 0.3) is 33.5 Å². The quantitative estimate of drug-likeness (QED) is 0.108. The first kappa shape index (κ1) is 26.1. The van der Waals surface area contributed by atoms with E-state index in [1.165, 1.54) is 30.5 Å². The van der Waals surface area contributed by atoms with E-state index in [9.17, 15) is 19.3 Å². The predicted molar refractivity (Wildman–Crippen MR) is 156 cm³/mol. The van der Waals surface area contributed by atoms with E-state index in [0.29, 0.717) is 33.4 Å². The molecule has 202 valence electrons. The number of ether oxygens (including phenoxy) is 1. The van der Waals surface area contributed by atoms with Crippen LogP contribution in [-0.4, -0.2) is 20.8 Å². The van der Waals surface area contributed by atoms with Gasteiger partial charge in [0.05, 0.1) is 26.5 Å². The summed E-state index contributed by atoms with van der Waals surface area (Å²) >= 11 is 3.34. The van der Waals surface area contributed by atoms with E-state index in [1.807, 2.05) is 18.2 Å². The second kappa shape index (κ2) is 10.8. The Labute approximate surface area is 239 Å². The van der Waals surface area contributed by atoms with Crippen LogP contribution in [0.3, 0.4) is 0 Å². The average Bonchev–Trinajstić information content (AvgIpc) is 3.40. The Balaban J connectivity index is 1.41. The molecule has 41 heavy (non-hydrogen) atoms. The number of halogens is 2. The van der Waals surface area contributed by atoms with E-state index < -0.39 is 16.3 Å². The Morgan fingerprint density at radius 1 is 1.05 bits per heavy atom. The molecule has 0 spiro atoms. The van der Waals surface area contributed by atoms with Crippen LogP contribution in [0.2, 0.25) is 0 Å². The van der Waals surface area contributed by atoms with Gasteiger partial charge < -0.3 is 9.15 Å². The molecule has 0 atom stereocenters. The summed E-state index contributed by atoms with van der Waals surface area (Å²) in [5, 5.41) is 17.5. The number of rotatable bonds is 7. The van der Waals surface area contributed by atoms with Crippen molar-refractivity contribution >= 4 is 49.7 Å². The molecule has 0 aliphatic carbocycles. The van der Waals surface area contributed by atoms with Gasteiger partial charge in [-0.1, -0.05) is 42.5 Å². The summed E-state index contributed by atoms with van der Waals surface area (Å²) in [7, 11) is 0. The SMILES string of the molecule is O=c1c2ccccc2nc(-c2cc3ccccc3o2)n1N=Cc1cc(Br)c(OCc2cccc(F)c2)c([N+](=O)[O-])c1. The van der Waals surface area contributed by atoms with Gasteiger partial charge in [-0.3, -0.25) is 14.9 Å². The molecule has 6 aromatic rings. The van der Waals surface area contributed by atoms with E-state index in [-0.39, 0.29) is 28.3 Å². The molecule has 0 N–H and O–H groups in total. The van der Waals surface area contributed by atoms with Crippen LogP contribution in [0.4, 0.5) is 10.1 Å². The maximum Gasteiger partial charge on any atom is 0.312 e. The number of furan rings is 1. The third kappa shape index (κ3) is 5.22. The van der Waals surface area contributed by atoms with Gasteiger partial charge in [0.2, 0.25) is 11.6 Å². The second-order valence-corrected chi connectivity index (χ2v) is 9.84. The Morgan fingerprint density at radius 2 is 1.85 bits per heavy atom. The molecule has 2 aromatic heterocycles. The highest BCUT2D eigenvalue weighted by molar-refractivity contribution is 9.10. The monoisotopic (exact) mass is 612 g/mol. The third-order valence-electron chi connectivity index (χ3n) is 6.24. The van der Waals surface area contributed by atoms with Gasteiger partial charge in [0.1, 0.15) is 18.0 Å². The number of aromatic nitrogens is 2. The first-order chi connectivity index (χ1) is 19.9. The van der Waals surface area contributed by atoms with E-state index in [1.54, 1.807) is 48.5 Å². The molecule has 0 bridgehead atoms. The van der Waals surface area contributed by atoms with E-state index in [4.69, 9.17) is 9.15 Å². The lowest BCUT2D eigenvalue weighted by Crippen LogP contribution is -2.20. The molecule has 4 aromatic carbocycles. The molecule has 0 aliphatic heterocycles. The minimum atomic E-state index is -0.591. The Hall–Kier alpha value is -5.16. The lowest BCUT2D eigenvalue weighted by atomic mass is 10.2. The number of benzene rings is 4. The summed E-state index contributed by atoms with van der Waals surface area (Å²) in [5.41, 5.74) is 1.14. The van der Waals surface area contributed by atoms with Crippen molar-refractivity contribution in [3.8, 4) is 17.3 Å². The lowest BCUT2D eigenvalue weighted by Gasteiger charge is -2.10. The largest absolute Gasteiger partial charge is 0.481 e. The number of fused-ring (bicyclic) bond motifs is 2. The van der Waals surface area contributed by atoms with Gasteiger partial charge in [-0.2, -0.15) is 9.78 Å². The van der Waals surface area contributed by atoms with Gasteiger partial charge in [0.25, 0.3) is 5.56 Å². The maximum atomic E-state index is 13.5. The Bertz CT molecular complexity index is 2020. The summed E-state index contributed by atoms with van der Waals surface area (Å²) in [4.78, 5) is 29.5. The molecule has 2 heterocycles. The van der Waals surface area contributed by atoms with Gasteiger partial charge in [-0.25, -0.2) is 9.37 Å². The lowest BCUT2D eigenvalue weighted by molar-refractivity contribution is -0.386. The molecular formula is C30H18BrFN4O5. The molecule has 0 amide bonds. The molecule has 0 aliphatic rings. The zero-order valence-corrected chi connectivity index (χ0v) is 22.6. The topological polar surface area (TPSA) is 113 Å². The number of para-hydroxylation sites is 2. The Kier molecular flexibility index (Phi) is 6.86. The normalized spacial score (nSPS) is 11.5. The molecule has 0 saturated carbocycles. The molecule has 0 fully saturated rings. The van der Waals surface area contributed by atoms with Crippen molar-refractivity contribution in [2.45, 2.75) is 6.61 Å². The smallest absolute Gasteiger partial charge is 0.312 e. The number of nitro groups is 1. The average molecular weight is 613 g/mol. The number of hydrogen-bond donors (Lipinski definition) is 0. The summed E-state index contributed by atoms with van der Waals surface area (Å²) < 4.78 is 26.6. The third-order valence-corrected chi connectivity index (χ3v) is 6.83. The summed E-state index contributed by atoms with van der Waals surface area (Å²) in [5.74, 6) is 0.0415. The zero-order valence-electron chi connectivity index (χ0n) is 21.0. The van der Waals surface area contributed by atoms with Gasteiger partial charge in [0, 0.05) is 17.0 Å². The van der Waals surface area contributed by atoms with Crippen molar-refractivity contribution in [2.75, 3.05) is 0 Å². The van der Waals surface area contributed by atoms with Crippen molar-refractivity contribution in [1.29, 1.82) is 0 Å². The van der Waals surface area contributed by atoms with Gasteiger partial charge in [-0.15, -0.1) is 0 Å². The minimum absolute atomic E-state index is 0.0242. The maximum absolute atomic E-state index is 13.5. The Morgan fingerprint density at radius 3 is 2.66 bits per heavy atom. The van der Waals surface area contributed by atoms with Crippen molar-refractivity contribution < 1.29 is 18.5 Å². The number of hydrogen-bond acceptors (Lipinski definition) is 7. The van der Waals surface area contributed by atoms with Crippen molar-refractivity contribution in [2.24, 2.45) is 5.10 Å². The molecule has 0 unspecified atom stereocenters. The fourth-order valence-electron chi connectivity index (χ4n) is 4.34. The molecule has 0 saturated heterocycles. The molecule has 6 rings (SSSR count). The van der Waals surface area contributed by atoms with Crippen LogP contribution >= 0.6 is 15.9 Å². The fourth-order valence-corrected chi connectivity index (χ4v) is 4.92. The molecular weight excluding hydrogens is 595 g/mol. The highest BCUT2D eigenvalue weighted by atomic mass is 79.9. The summed E-state index contributed by atoms with van der Waals surface area (Å²) in [6, 6.07) is 24.6. The van der Waals surface area contributed by atoms with E-state index in [0.717, 1.165) is 10.1 Å². The molecule has 11 heteroatoms. The highest BCUT2D eigenvalue weighted by Crippen LogP contribution is 2.37. The fraction of sp³-hybridized carbons (Fsp3) is 0.0333. The van der Waals surface area contributed by atoms with Crippen molar-refractivity contribution in [3.63, 3.8) is 0 Å².